The molecule has 0 bridgehead atoms. The molecule has 21 heavy (non-hydrogen) atoms. The highest BCUT2D eigenvalue weighted by atomic mass is 16.5. The van der Waals surface area contributed by atoms with Gasteiger partial charge in [0.1, 0.15) is 17.0 Å². The van der Waals surface area contributed by atoms with E-state index in [0.717, 1.165) is 4.68 Å². The van der Waals surface area contributed by atoms with Crippen molar-refractivity contribution in [1.82, 2.24) is 9.78 Å². The summed E-state index contributed by atoms with van der Waals surface area (Å²) in [6, 6.07) is 1.62. The Balaban J connectivity index is 2.88. The molecule has 1 aromatic heterocycles. The Morgan fingerprint density at radius 2 is 1.90 bits per heavy atom. The van der Waals surface area contributed by atoms with Crippen molar-refractivity contribution < 1.29 is 19.4 Å². The molecule has 0 amide bonds. The number of aromatic nitrogens is 2. The second-order valence-corrected chi connectivity index (χ2v) is 5.95. The molecule has 1 aromatic carbocycles. The minimum atomic E-state index is -0.475. The number of carbonyl (C=O) groups is 2. The topological polar surface area (TPSA) is 81.4 Å². The Bertz CT molecular complexity index is 738. The number of benzene rings is 1. The number of esters is 1. The quantitative estimate of drug-likeness (QED) is 0.645. The Labute approximate surface area is 122 Å². The molecule has 1 N–H and O–H groups in total. The number of ether oxygens (including phenoxy) is 1. The van der Waals surface area contributed by atoms with Crippen LogP contribution in [0.25, 0.3) is 10.9 Å². The molecule has 0 atom stereocenters. The SMILES string of the molecule is CC(=O)Oc1cc(C(C)(C)C)c(O)c2c1cnn2C(C)=O. The molecule has 6 heteroatoms. The van der Waals surface area contributed by atoms with Gasteiger partial charge in [-0.3, -0.25) is 9.59 Å². The molecule has 6 nitrogen and oxygen atoms in total. The van der Waals surface area contributed by atoms with Crippen molar-refractivity contribution >= 4 is 22.8 Å². The van der Waals surface area contributed by atoms with Crippen LogP contribution in [0, 0.1) is 0 Å². The van der Waals surface area contributed by atoms with Crippen molar-refractivity contribution in [3.05, 3.63) is 17.8 Å². The zero-order valence-corrected chi connectivity index (χ0v) is 12.7. The number of carbonyl (C=O) groups excluding carboxylic acids is 2. The number of hydrogen-bond donors (Lipinski definition) is 1. The standard InChI is InChI=1S/C15H18N2O4/c1-8(18)17-13-10(7-16-17)12(21-9(2)19)6-11(14(13)20)15(3,4)5/h6-7,20H,1-5H3. The third kappa shape index (κ3) is 2.61. The molecule has 0 unspecified atom stereocenters. The summed E-state index contributed by atoms with van der Waals surface area (Å²) in [5, 5.41) is 14.9. The molecule has 112 valence electrons. The highest BCUT2D eigenvalue weighted by Crippen LogP contribution is 2.41. The summed E-state index contributed by atoms with van der Waals surface area (Å²) in [6.45, 7) is 8.39. The third-order valence-electron chi connectivity index (χ3n) is 3.15. The summed E-state index contributed by atoms with van der Waals surface area (Å²) in [6.07, 6.45) is 1.40. The van der Waals surface area contributed by atoms with E-state index in [2.05, 4.69) is 5.10 Å². The van der Waals surface area contributed by atoms with Crippen LogP contribution in [0.3, 0.4) is 0 Å². The molecule has 2 aromatic rings. The van der Waals surface area contributed by atoms with E-state index in [1.807, 2.05) is 20.8 Å². The van der Waals surface area contributed by atoms with Gasteiger partial charge in [0.05, 0.1) is 11.6 Å². The van der Waals surface area contributed by atoms with Crippen LogP contribution in [-0.4, -0.2) is 26.8 Å². The van der Waals surface area contributed by atoms with Gasteiger partial charge in [0, 0.05) is 19.4 Å². The number of rotatable bonds is 1. The Kier molecular flexibility index (Phi) is 3.49. The van der Waals surface area contributed by atoms with E-state index >= 15 is 0 Å². The monoisotopic (exact) mass is 290 g/mol. The van der Waals surface area contributed by atoms with Gasteiger partial charge in [0.25, 0.3) is 0 Å². The molecule has 2 rings (SSSR count). The van der Waals surface area contributed by atoms with Crippen LogP contribution in [-0.2, 0) is 10.2 Å². The molecule has 0 saturated carbocycles. The van der Waals surface area contributed by atoms with E-state index in [0.29, 0.717) is 10.9 Å². The predicted molar refractivity (Wildman–Crippen MR) is 77.7 cm³/mol. The fraction of sp³-hybridized carbons (Fsp3) is 0.400. The summed E-state index contributed by atoms with van der Waals surface area (Å²) in [5.74, 6) is -0.550. The van der Waals surface area contributed by atoms with Gasteiger partial charge < -0.3 is 9.84 Å². The third-order valence-corrected chi connectivity index (χ3v) is 3.15. The van der Waals surface area contributed by atoms with Gasteiger partial charge in [0.15, 0.2) is 0 Å². The first-order chi connectivity index (χ1) is 9.62. The highest BCUT2D eigenvalue weighted by Gasteiger charge is 2.26. The number of fused-ring (bicyclic) bond motifs is 1. The minimum Gasteiger partial charge on any atom is -0.505 e. The molecule has 0 fully saturated rings. The van der Waals surface area contributed by atoms with Gasteiger partial charge in [-0.15, -0.1) is 0 Å². The fourth-order valence-corrected chi connectivity index (χ4v) is 2.21. The summed E-state index contributed by atoms with van der Waals surface area (Å²) >= 11 is 0. The van der Waals surface area contributed by atoms with E-state index in [1.165, 1.54) is 20.0 Å². The van der Waals surface area contributed by atoms with E-state index in [4.69, 9.17) is 4.74 Å². The molecular weight excluding hydrogens is 272 g/mol. The van der Waals surface area contributed by atoms with Crippen molar-refractivity contribution in [2.45, 2.75) is 40.0 Å². The Morgan fingerprint density at radius 3 is 2.38 bits per heavy atom. The zero-order chi connectivity index (χ0) is 15.9. The van der Waals surface area contributed by atoms with Crippen LogP contribution in [0.1, 0.15) is 45.0 Å². The van der Waals surface area contributed by atoms with E-state index < -0.39 is 5.97 Å². The lowest BCUT2D eigenvalue weighted by Crippen LogP contribution is -2.14. The van der Waals surface area contributed by atoms with Crippen LogP contribution in [0.2, 0.25) is 0 Å². The van der Waals surface area contributed by atoms with Crippen LogP contribution < -0.4 is 4.74 Å². The number of hydrogen-bond acceptors (Lipinski definition) is 5. The number of nitrogens with zero attached hydrogens (tertiary/aromatic N) is 2. The van der Waals surface area contributed by atoms with Crippen molar-refractivity contribution in [3.8, 4) is 11.5 Å². The van der Waals surface area contributed by atoms with Crippen LogP contribution in [0.15, 0.2) is 12.3 Å². The number of aromatic hydroxyl groups is 1. The van der Waals surface area contributed by atoms with Crippen molar-refractivity contribution in [2.24, 2.45) is 0 Å². The van der Waals surface area contributed by atoms with Crippen LogP contribution >= 0.6 is 0 Å². The van der Waals surface area contributed by atoms with Gasteiger partial charge in [-0.1, -0.05) is 20.8 Å². The van der Waals surface area contributed by atoms with Gasteiger partial charge in [-0.05, 0) is 11.5 Å². The Hall–Kier alpha value is -2.37. The first-order valence-electron chi connectivity index (χ1n) is 6.56. The second kappa shape index (κ2) is 4.87. The second-order valence-electron chi connectivity index (χ2n) is 5.95. The first-order valence-corrected chi connectivity index (χ1v) is 6.56. The summed E-state index contributed by atoms with van der Waals surface area (Å²) in [4.78, 5) is 22.9. The molecular formula is C15H18N2O4. The van der Waals surface area contributed by atoms with Gasteiger partial charge in [-0.2, -0.15) is 9.78 Å². The normalized spacial score (nSPS) is 11.7. The minimum absolute atomic E-state index is 0.0268. The van der Waals surface area contributed by atoms with Gasteiger partial charge >= 0.3 is 5.97 Å². The number of phenolic OH excluding ortho intramolecular Hbond substituents is 1. The van der Waals surface area contributed by atoms with E-state index in [1.54, 1.807) is 6.07 Å². The van der Waals surface area contributed by atoms with Crippen molar-refractivity contribution in [1.29, 1.82) is 0 Å². The number of phenols is 1. The summed E-state index contributed by atoms with van der Waals surface area (Å²) in [5.41, 5.74) is 0.444. The van der Waals surface area contributed by atoms with E-state index in [-0.39, 0.29) is 28.3 Å². The first kappa shape index (κ1) is 15.0. The molecule has 0 spiro atoms. The smallest absolute Gasteiger partial charge is 0.308 e. The molecule has 1 heterocycles. The molecule has 0 aliphatic rings. The van der Waals surface area contributed by atoms with Crippen molar-refractivity contribution in [3.63, 3.8) is 0 Å². The molecule has 0 aliphatic carbocycles. The van der Waals surface area contributed by atoms with Gasteiger partial charge in [0.2, 0.25) is 5.91 Å². The maximum absolute atomic E-state index is 11.6. The predicted octanol–water partition coefficient (Wildman–Crippen LogP) is 2.62. The fourth-order valence-electron chi connectivity index (χ4n) is 2.21. The van der Waals surface area contributed by atoms with Crippen molar-refractivity contribution in [2.75, 3.05) is 0 Å². The zero-order valence-electron chi connectivity index (χ0n) is 12.7. The lowest BCUT2D eigenvalue weighted by molar-refractivity contribution is -0.131. The largest absolute Gasteiger partial charge is 0.505 e. The Morgan fingerprint density at radius 1 is 1.29 bits per heavy atom. The molecule has 0 saturated heterocycles. The summed E-state index contributed by atoms with van der Waals surface area (Å²) < 4.78 is 6.30. The molecule has 0 aliphatic heterocycles. The summed E-state index contributed by atoms with van der Waals surface area (Å²) in [7, 11) is 0. The lowest BCUT2D eigenvalue weighted by Gasteiger charge is -2.22. The van der Waals surface area contributed by atoms with Gasteiger partial charge in [-0.25, -0.2) is 0 Å². The van der Waals surface area contributed by atoms with Crippen LogP contribution in [0.5, 0.6) is 11.5 Å². The highest BCUT2D eigenvalue weighted by molar-refractivity contribution is 5.98. The van der Waals surface area contributed by atoms with E-state index in [9.17, 15) is 14.7 Å². The maximum Gasteiger partial charge on any atom is 0.308 e. The average molecular weight is 290 g/mol. The molecule has 0 radical (unpaired) electrons. The average Bonchev–Trinajstić information content (AvgIpc) is 2.75. The van der Waals surface area contributed by atoms with Crippen LogP contribution in [0.4, 0.5) is 0 Å². The lowest BCUT2D eigenvalue weighted by atomic mass is 9.85. The maximum atomic E-state index is 11.6.